The minimum Gasteiger partial charge on any atom is -0.481 e. The van der Waals surface area contributed by atoms with Gasteiger partial charge in [0.05, 0.1) is 0 Å². The van der Waals surface area contributed by atoms with Crippen molar-refractivity contribution < 1.29 is 9.90 Å². The molecule has 0 unspecified atom stereocenters. The van der Waals surface area contributed by atoms with E-state index in [-0.39, 0.29) is 12.3 Å². The highest BCUT2D eigenvalue weighted by atomic mass is 16.4. The van der Waals surface area contributed by atoms with Crippen molar-refractivity contribution in [1.82, 2.24) is 0 Å². The number of carbonyl (C=O) groups is 1. The van der Waals surface area contributed by atoms with Crippen LogP contribution in [0.5, 0.6) is 0 Å². The highest BCUT2D eigenvalue weighted by Gasteiger charge is 2.22. The standard InChI is InChI=1S/C7H15NO2/c1-5(4-6(9)10)7(2,3)8/h5H,4,8H2,1-3H3,(H,9,10)/t5-/m1/s1. The fourth-order valence-electron chi connectivity index (χ4n) is 0.525. The maximum Gasteiger partial charge on any atom is 0.303 e. The molecule has 3 nitrogen and oxygen atoms in total. The van der Waals surface area contributed by atoms with Crippen molar-refractivity contribution in [3.05, 3.63) is 0 Å². The molecule has 0 spiro atoms. The Hall–Kier alpha value is -0.570. The molecule has 0 fully saturated rings. The molecule has 0 radical (unpaired) electrons. The van der Waals surface area contributed by atoms with Gasteiger partial charge < -0.3 is 10.8 Å². The first-order valence-corrected chi connectivity index (χ1v) is 3.34. The van der Waals surface area contributed by atoms with Crippen LogP contribution in [0.2, 0.25) is 0 Å². The molecule has 3 heteroatoms. The molecule has 0 heterocycles. The molecule has 1 atom stereocenters. The summed E-state index contributed by atoms with van der Waals surface area (Å²) < 4.78 is 0. The fourth-order valence-corrected chi connectivity index (χ4v) is 0.525. The second-order valence-corrected chi connectivity index (χ2v) is 3.32. The van der Waals surface area contributed by atoms with Crippen LogP contribution in [-0.4, -0.2) is 16.6 Å². The zero-order valence-electron chi connectivity index (χ0n) is 6.72. The summed E-state index contributed by atoms with van der Waals surface area (Å²) >= 11 is 0. The Morgan fingerprint density at radius 3 is 2.20 bits per heavy atom. The molecule has 0 aromatic heterocycles. The minimum atomic E-state index is -0.786. The molecule has 0 aliphatic heterocycles. The van der Waals surface area contributed by atoms with Crippen molar-refractivity contribution in [3.63, 3.8) is 0 Å². The van der Waals surface area contributed by atoms with Gasteiger partial charge in [0.15, 0.2) is 0 Å². The second-order valence-electron chi connectivity index (χ2n) is 3.32. The lowest BCUT2D eigenvalue weighted by Crippen LogP contribution is -2.40. The third kappa shape index (κ3) is 3.45. The lowest BCUT2D eigenvalue weighted by Gasteiger charge is -2.25. The maximum atomic E-state index is 10.2. The van der Waals surface area contributed by atoms with Crippen molar-refractivity contribution in [2.75, 3.05) is 0 Å². The smallest absolute Gasteiger partial charge is 0.303 e. The van der Waals surface area contributed by atoms with Crippen molar-refractivity contribution in [2.45, 2.75) is 32.7 Å². The molecule has 60 valence electrons. The number of nitrogens with two attached hydrogens (primary N) is 1. The monoisotopic (exact) mass is 145 g/mol. The molecule has 0 saturated heterocycles. The molecule has 0 rings (SSSR count). The zero-order chi connectivity index (χ0) is 8.36. The first-order chi connectivity index (χ1) is 4.34. The van der Waals surface area contributed by atoms with Gasteiger partial charge in [-0.3, -0.25) is 4.79 Å². The van der Waals surface area contributed by atoms with Gasteiger partial charge in [0.25, 0.3) is 0 Å². The van der Waals surface area contributed by atoms with E-state index in [2.05, 4.69) is 0 Å². The van der Waals surface area contributed by atoms with Crippen LogP contribution in [0.4, 0.5) is 0 Å². The SMILES string of the molecule is C[C@H](CC(=O)O)C(C)(C)N. The van der Waals surface area contributed by atoms with Crippen molar-refractivity contribution in [1.29, 1.82) is 0 Å². The highest BCUT2D eigenvalue weighted by Crippen LogP contribution is 2.15. The Labute approximate surface area is 61.2 Å². The minimum absolute atomic E-state index is 0.0185. The van der Waals surface area contributed by atoms with Gasteiger partial charge in [-0.25, -0.2) is 0 Å². The Kier molecular flexibility index (Phi) is 2.84. The van der Waals surface area contributed by atoms with E-state index >= 15 is 0 Å². The molecular weight excluding hydrogens is 130 g/mol. The normalized spacial score (nSPS) is 14.8. The number of carboxylic acid groups (broad SMARTS) is 1. The van der Waals surface area contributed by atoms with Crippen LogP contribution in [0, 0.1) is 5.92 Å². The molecule has 3 N–H and O–H groups in total. The van der Waals surface area contributed by atoms with E-state index in [1.807, 2.05) is 20.8 Å². The average Bonchev–Trinajstić information content (AvgIpc) is 1.60. The van der Waals surface area contributed by atoms with Crippen LogP contribution < -0.4 is 5.73 Å². The molecule has 0 aromatic rings. The lowest BCUT2D eigenvalue weighted by molar-refractivity contribution is -0.138. The van der Waals surface area contributed by atoms with E-state index in [1.165, 1.54) is 0 Å². The molecule has 0 saturated carbocycles. The molecule has 0 bridgehead atoms. The van der Waals surface area contributed by atoms with Crippen LogP contribution in [0.15, 0.2) is 0 Å². The van der Waals surface area contributed by atoms with Gasteiger partial charge in [0, 0.05) is 12.0 Å². The van der Waals surface area contributed by atoms with E-state index in [0.717, 1.165) is 0 Å². The van der Waals surface area contributed by atoms with E-state index in [0.29, 0.717) is 0 Å². The Morgan fingerprint density at radius 1 is 1.70 bits per heavy atom. The Balaban J connectivity index is 3.85. The van der Waals surface area contributed by atoms with Crippen molar-refractivity contribution >= 4 is 5.97 Å². The van der Waals surface area contributed by atoms with E-state index < -0.39 is 11.5 Å². The first kappa shape index (κ1) is 9.43. The summed E-state index contributed by atoms with van der Waals surface area (Å²) in [5.41, 5.74) is 5.27. The molecule has 0 amide bonds. The highest BCUT2D eigenvalue weighted by molar-refractivity contribution is 5.67. The number of hydrogen-bond acceptors (Lipinski definition) is 2. The van der Waals surface area contributed by atoms with Crippen LogP contribution in [-0.2, 0) is 4.79 Å². The second kappa shape index (κ2) is 3.01. The number of aliphatic carboxylic acids is 1. The largest absolute Gasteiger partial charge is 0.481 e. The summed E-state index contributed by atoms with van der Waals surface area (Å²) in [6, 6.07) is 0. The van der Waals surface area contributed by atoms with E-state index in [4.69, 9.17) is 10.8 Å². The topological polar surface area (TPSA) is 63.3 Å². The van der Waals surface area contributed by atoms with Gasteiger partial charge in [0.2, 0.25) is 0 Å². The summed E-state index contributed by atoms with van der Waals surface area (Å²) in [4.78, 5) is 10.2. The molecule has 10 heavy (non-hydrogen) atoms. The third-order valence-corrected chi connectivity index (χ3v) is 1.75. The van der Waals surface area contributed by atoms with E-state index in [9.17, 15) is 4.79 Å². The predicted octanol–water partition coefficient (Wildman–Crippen LogP) is 0.835. The molecular formula is C7H15NO2. The Morgan fingerprint density at radius 2 is 2.10 bits per heavy atom. The lowest BCUT2D eigenvalue weighted by atomic mass is 9.88. The fraction of sp³-hybridized carbons (Fsp3) is 0.857. The quantitative estimate of drug-likeness (QED) is 0.618. The molecule has 0 aliphatic carbocycles. The number of hydrogen-bond donors (Lipinski definition) is 2. The summed E-state index contributed by atoms with van der Waals surface area (Å²) in [6.07, 6.45) is 0.142. The van der Waals surface area contributed by atoms with Gasteiger partial charge in [-0.15, -0.1) is 0 Å². The number of carboxylic acids is 1. The summed E-state index contributed by atoms with van der Waals surface area (Å²) in [7, 11) is 0. The van der Waals surface area contributed by atoms with Crippen LogP contribution in [0.25, 0.3) is 0 Å². The summed E-state index contributed by atoms with van der Waals surface area (Å²) in [5, 5.41) is 8.39. The van der Waals surface area contributed by atoms with Gasteiger partial charge >= 0.3 is 5.97 Å². The van der Waals surface area contributed by atoms with Gasteiger partial charge in [-0.1, -0.05) is 6.92 Å². The maximum absolute atomic E-state index is 10.2. The zero-order valence-corrected chi connectivity index (χ0v) is 6.72. The number of rotatable bonds is 3. The van der Waals surface area contributed by atoms with Gasteiger partial charge in [0.1, 0.15) is 0 Å². The predicted molar refractivity (Wildman–Crippen MR) is 39.7 cm³/mol. The van der Waals surface area contributed by atoms with Gasteiger partial charge in [-0.2, -0.15) is 0 Å². The van der Waals surface area contributed by atoms with Gasteiger partial charge in [-0.05, 0) is 19.8 Å². The van der Waals surface area contributed by atoms with Crippen LogP contribution >= 0.6 is 0 Å². The van der Waals surface area contributed by atoms with Crippen LogP contribution in [0.1, 0.15) is 27.2 Å². The first-order valence-electron chi connectivity index (χ1n) is 3.34. The van der Waals surface area contributed by atoms with E-state index in [1.54, 1.807) is 0 Å². The van der Waals surface area contributed by atoms with Crippen LogP contribution in [0.3, 0.4) is 0 Å². The molecule has 0 aromatic carbocycles. The van der Waals surface area contributed by atoms with Crippen molar-refractivity contribution in [2.24, 2.45) is 11.7 Å². The summed E-state index contributed by atoms with van der Waals surface area (Å²) in [5.74, 6) is -0.768. The molecule has 0 aliphatic rings. The van der Waals surface area contributed by atoms with Crippen molar-refractivity contribution in [3.8, 4) is 0 Å². The summed E-state index contributed by atoms with van der Waals surface area (Å²) in [6.45, 7) is 5.51. The third-order valence-electron chi connectivity index (χ3n) is 1.75. The Bertz CT molecular complexity index is 126. The average molecular weight is 145 g/mol.